The predicted molar refractivity (Wildman–Crippen MR) is 78.7 cm³/mol. The van der Waals surface area contributed by atoms with Crippen LogP contribution < -0.4 is 10.1 Å². The Labute approximate surface area is 114 Å². The molecule has 19 heavy (non-hydrogen) atoms. The first-order chi connectivity index (χ1) is 9.28. The minimum atomic E-state index is 0.309. The topological polar surface area (TPSA) is 34.4 Å². The molecule has 2 rings (SSSR count). The average molecular weight is 261 g/mol. The molecular formula is C16H23NO2. The first-order valence-electron chi connectivity index (χ1n) is 7.09. The van der Waals surface area contributed by atoms with Crippen LogP contribution in [-0.2, 0) is 0 Å². The molecule has 1 aromatic heterocycles. The summed E-state index contributed by atoms with van der Waals surface area (Å²) in [5.41, 5.74) is 0.926. The lowest BCUT2D eigenvalue weighted by Gasteiger charge is -2.14. The smallest absolute Gasteiger partial charge is 0.134 e. The van der Waals surface area contributed by atoms with Gasteiger partial charge in [0.2, 0.25) is 0 Å². The van der Waals surface area contributed by atoms with Gasteiger partial charge in [0.1, 0.15) is 17.1 Å². The van der Waals surface area contributed by atoms with Crippen LogP contribution in [0.2, 0.25) is 0 Å². The van der Waals surface area contributed by atoms with Crippen molar-refractivity contribution in [1.82, 2.24) is 5.32 Å². The minimum absolute atomic E-state index is 0.309. The van der Waals surface area contributed by atoms with Crippen LogP contribution in [0.5, 0.6) is 5.75 Å². The molecule has 1 unspecified atom stereocenters. The van der Waals surface area contributed by atoms with E-state index in [2.05, 4.69) is 25.2 Å². The molecule has 0 amide bonds. The Hall–Kier alpha value is -1.48. The number of benzene rings is 1. The average Bonchev–Trinajstić information content (AvgIpc) is 2.85. The van der Waals surface area contributed by atoms with Crippen molar-refractivity contribution in [2.45, 2.75) is 39.2 Å². The zero-order chi connectivity index (χ0) is 13.7. The fourth-order valence-corrected chi connectivity index (χ4v) is 2.29. The maximum Gasteiger partial charge on any atom is 0.134 e. The molecule has 104 valence electrons. The Morgan fingerprint density at radius 2 is 2.05 bits per heavy atom. The minimum Gasteiger partial charge on any atom is -0.497 e. The number of ether oxygens (including phenoxy) is 1. The number of furan rings is 1. The van der Waals surface area contributed by atoms with E-state index < -0.39 is 0 Å². The summed E-state index contributed by atoms with van der Waals surface area (Å²) in [4.78, 5) is 0. The number of nitrogens with one attached hydrogen (secondary N) is 1. The maximum absolute atomic E-state index is 5.96. The molecule has 0 saturated heterocycles. The molecule has 1 N–H and O–H groups in total. The summed E-state index contributed by atoms with van der Waals surface area (Å²) in [5, 5.41) is 4.66. The molecule has 1 atom stereocenters. The normalized spacial score (nSPS) is 12.8. The van der Waals surface area contributed by atoms with E-state index in [0.717, 1.165) is 48.3 Å². The van der Waals surface area contributed by atoms with Crippen LogP contribution in [0, 0.1) is 0 Å². The van der Waals surface area contributed by atoms with E-state index in [1.165, 1.54) is 0 Å². The van der Waals surface area contributed by atoms with E-state index in [0.29, 0.717) is 6.04 Å². The van der Waals surface area contributed by atoms with Crippen molar-refractivity contribution in [3.8, 4) is 5.75 Å². The second-order valence-electron chi connectivity index (χ2n) is 4.85. The Bertz CT molecular complexity index is 518. The van der Waals surface area contributed by atoms with Crippen molar-refractivity contribution in [3.63, 3.8) is 0 Å². The standard InChI is InChI=1S/C16H23NO2/c1-4-6-14(17-9-5-2)16-11-12-10-13(18-3)7-8-15(12)19-16/h7-8,10-11,14,17H,4-6,9H2,1-3H3. The number of hydrogen-bond acceptors (Lipinski definition) is 3. The predicted octanol–water partition coefficient (Wildman–Crippen LogP) is 4.28. The third-order valence-corrected chi connectivity index (χ3v) is 3.30. The van der Waals surface area contributed by atoms with Gasteiger partial charge in [-0.2, -0.15) is 0 Å². The van der Waals surface area contributed by atoms with E-state index >= 15 is 0 Å². The van der Waals surface area contributed by atoms with Gasteiger partial charge in [-0.3, -0.25) is 0 Å². The van der Waals surface area contributed by atoms with Gasteiger partial charge in [0, 0.05) is 5.39 Å². The van der Waals surface area contributed by atoms with Gasteiger partial charge >= 0.3 is 0 Å². The van der Waals surface area contributed by atoms with Crippen LogP contribution in [0.15, 0.2) is 28.7 Å². The Morgan fingerprint density at radius 1 is 1.21 bits per heavy atom. The molecular weight excluding hydrogens is 238 g/mol. The van der Waals surface area contributed by atoms with Crippen LogP contribution in [0.4, 0.5) is 0 Å². The number of hydrogen-bond donors (Lipinski definition) is 1. The van der Waals surface area contributed by atoms with Gasteiger partial charge in [-0.25, -0.2) is 0 Å². The summed E-state index contributed by atoms with van der Waals surface area (Å²) >= 11 is 0. The van der Waals surface area contributed by atoms with E-state index in [1.807, 2.05) is 18.2 Å². The Kier molecular flexibility index (Phi) is 4.86. The monoisotopic (exact) mass is 261 g/mol. The summed E-state index contributed by atoms with van der Waals surface area (Å²) in [6.07, 6.45) is 3.37. The SMILES string of the molecule is CCCNC(CCC)c1cc2cc(OC)ccc2o1. The Balaban J connectivity index is 2.26. The lowest BCUT2D eigenvalue weighted by molar-refractivity contribution is 0.407. The van der Waals surface area contributed by atoms with Crippen LogP contribution in [-0.4, -0.2) is 13.7 Å². The molecule has 1 heterocycles. The second-order valence-corrected chi connectivity index (χ2v) is 4.85. The second kappa shape index (κ2) is 6.62. The summed E-state index contributed by atoms with van der Waals surface area (Å²) in [6.45, 7) is 5.40. The molecule has 1 aromatic carbocycles. The van der Waals surface area contributed by atoms with Crippen molar-refractivity contribution in [3.05, 3.63) is 30.0 Å². The largest absolute Gasteiger partial charge is 0.497 e. The summed E-state index contributed by atoms with van der Waals surface area (Å²) in [6, 6.07) is 8.36. The molecule has 0 aliphatic rings. The first-order valence-corrected chi connectivity index (χ1v) is 7.09. The molecule has 0 fully saturated rings. The van der Waals surface area contributed by atoms with Gasteiger partial charge in [0.25, 0.3) is 0 Å². The third-order valence-electron chi connectivity index (χ3n) is 3.30. The van der Waals surface area contributed by atoms with Crippen molar-refractivity contribution < 1.29 is 9.15 Å². The highest BCUT2D eigenvalue weighted by molar-refractivity contribution is 5.79. The molecule has 0 aliphatic carbocycles. The van der Waals surface area contributed by atoms with Gasteiger partial charge in [-0.15, -0.1) is 0 Å². The lowest BCUT2D eigenvalue weighted by atomic mass is 10.1. The van der Waals surface area contributed by atoms with Gasteiger partial charge in [0.15, 0.2) is 0 Å². The van der Waals surface area contributed by atoms with Gasteiger partial charge in [-0.1, -0.05) is 20.3 Å². The highest BCUT2D eigenvalue weighted by Gasteiger charge is 2.15. The van der Waals surface area contributed by atoms with E-state index in [9.17, 15) is 0 Å². The molecule has 3 heteroatoms. The zero-order valence-electron chi connectivity index (χ0n) is 12.0. The summed E-state index contributed by atoms with van der Waals surface area (Å²) in [5.74, 6) is 1.90. The van der Waals surface area contributed by atoms with E-state index in [4.69, 9.17) is 9.15 Å². The maximum atomic E-state index is 5.96. The van der Waals surface area contributed by atoms with E-state index in [1.54, 1.807) is 7.11 Å². The van der Waals surface area contributed by atoms with Crippen LogP contribution >= 0.6 is 0 Å². The summed E-state index contributed by atoms with van der Waals surface area (Å²) in [7, 11) is 1.69. The molecule has 0 saturated carbocycles. The lowest BCUT2D eigenvalue weighted by Crippen LogP contribution is -2.21. The fraction of sp³-hybridized carbons (Fsp3) is 0.500. The highest BCUT2D eigenvalue weighted by atomic mass is 16.5. The molecule has 2 aromatic rings. The fourth-order valence-electron chi connectivity index (χ4n) is 2.29. The van der Waals surface area contributed by atoms with Gasteiger partial charge in [-0.05, 0) is 43.7 Å². The third kappa shape index (κ3) is 3.29. The van der Waals surface area contributed by atoms with Crippen molar-refractivity contribution >= 4 is 11.0 Å². The molecule has 0 aliphatic heterocycles. The number of rotatable bonds is 7. The van der Waals surface area contributed by atoms with Crippen LogP contribution in [0.3, 0.4) is 0 Å². The van der Waals surface area contributed by atoms with Crippen molar-refractivity contribution in [2.24, 2.45) is 0 Å². The number of fused-ring (bicyclic) bond motifs is 1. The quantitative estimate of drug-likeness (QED) is 0.807. The molecule has 0 bridgehead atoms. The van der Waals surface area contributed by atoms with Crippen molar-refractivity contribution in [2.75, 3.05) is 13.7 Å². The molecule has 0 spiro atoms. The van der Waals surface area contributed by atoms with Gasteiger partial charge in [0.05, 0.1) is 13.2 Å². The highest BCUT2D eigenvalue weighted by Crippen LogP contribution is 2.29. The zero-order valence-corrected chi connectivity index (χ0v) is 12.0. The Morgan fingerprint density at radius 3 is 2.74 bits per heavy atom. The molecule has 3 nitrogen and oxygen atoms in total. The van der Waals surface area contributed by atoms with Crippen molar-refractivity contribution in [1.29, 1.82) is 0 Å². The number of methoxy groups -OCH3 is 1. The van der Waals surface area contributed by atoms with Gasteiger partial charge < -0.3 is 14.5 Å². The summed E-state index contributed by atoms with van der Waals surface area (Å²) < 4.78 is 11.2. The molecule has 0 radical (unpaired) electrons. The van der Waals surface area contributed by atoms with Crippen LogP contribution in [0.25, 0.3) is 11.0 Å². The van der Waals surface area contributed by atoms with Crippen LogP contribution in [0.1, 0.15) is 44.9 Å². The van der Waals surface area contributed by atoms with E-state index in [-0.39, 0.29) is 0 Å². The first kappa shape index (κ1) is 13.9.